The van der Waals surface area contributed by atoms with Crippen LogP contribution in [0, 0.1) is 13.8 Å². The SMILES string of the molecule is COC(CNC(=O)Cc1ccc(C)c(C)c1)OC. The summed E-state index contributed by atoms with van der Waals surface area (Å²) in [6.07, 6.45) is -0.0185. The molecule has 0 saturated carbocycles. The fourth-order valence-electron chi connectivity index (χ4n) is 1.62. The summed E-state index contributed by atoms with van der Waals surface area (Å²) in [7, 11) is 3.09. The van der Waals surface area contributed by atoms with Crippen LogP contribution < -0.4 is 5.32 Å². The average molecular weight is 251 g/mol. The number of ether oxygens (including phenoxy) is 2. The summed E-state index contributed by atoms with van der Waals surface area (Å²) in [5, 5.41) is 2.78. The number of benzene rings is 1. The first-order valence-electron chi connectivity index (χ1n) is 5.95. The molecule has 0 aliphatic rings. The molecule has 1 amide bonds. The number of hydrogen-bond donors (Lipinski definition) is 1. The molecule has 1 N–H and O–H groups in total. The van der Waals surface area contributed by atoms with E-state index in [1.54, 1.807) is 14.2 Å². The Morgan fingerprint density at radius 2 is 1.89 bits per heavy atom. The molecule has 1 rings (SSSR count). The van der Waals surface area contributed by atoms with Crippen LogP contribution in [0.1, 0.15) is 16.7 Å². The summed E-state index contributed by atoms with van der Waals surface area (Å²) < 4.78 is 10.00. The minimum absolute atomic E-state index is 0.0302. The number of carbonyl (C=O) groups excluding carboxylic acids is 1. The number of hydrogen-bond acceptors (Lipinski definition) is 3. The van der Waals surface area contributed by atoms with E-state index in [2.05, 4.69) is 12.2 Å². The lowest BCUT2D eigenvalue weighted by molar-refractivity contribution is -0.126. The van der Waals surface area contributed by atoms with Crippen LogP contribution in [-0.2, 0) is 20.7 Å². The zero-order chi connectivity index (χ0) is 13.5. The number of rotatable bonds is 6. The first-order valence-corrected chi connectivity index (χ1v) is 5.95. The van der Waals surface area contributed by atoms with E-state index in [0.29, 0.717) is 13.0 Å². The molecule has 4 heteroatoms. The highest BCUT2D eigenvalue weighted by molar-refractivity contribution is 5.78. The Hall–Kier alpha value is -1.39. The van der Waals surface area contributed by atoms with Gasteiger partial charge in [-0.3, -0.25) is 4.79 Å². The summed E-state index contributed by atoms with van der Waals surface area (Å²) in [6.45, 7) is 4.46. The summed E-state index contributed by atoms with van der Waals surface area (Å²) in [5.41, 5.74) is 3.45. The average Bonchev–Trinajstić information content (AvgIpc) is 2.35. The molecule has 0 heterocycles. The van der Waals surface area contributed by atoms with Gasteiger partial charge in [0, 0.05) is 14.2 Å². The molecule has 0 aliphatic heterocycles. The second-order valence-electron chi connectivity index (χ2n) is 4.30. The van der Waals surface area contributed by atoms with E-state index < -0.39 is 6.29 Å². The maximum Gasteiger partial charge on any atom is 0.224 e. The van der Waals surface area contributed by atoms with Crippen molar-refractivity contribution < 1.29 is 14.3 Å². The Labute approximate surface area is 108 Å². The van der Waals surface area contributed by atoms with E-state index in [1.165, 1.54) is 11.1 Å². The highest BCUT2D eigenvalue weighted by Gasteiger charge is 2.08. The maximum atomic E-state index is 11.7. The first-order chi connectivity index (χ1) is 8.56. The van der Waals surface area contributed by atoms with E-state index in [1.807, 2.05) is 25.1 Å². The minimum atomic E-state index is -0.395. The highest BCUT2D eigenvalue weighted by Crippen LogP contribution is 2.10. The largest absolute Gasteiger partial charge is 0.354 e. The van der Waals surface area contributed by atoms with Gasteiger partial charge >= 0.3 is 0 Å². The topological polar surface area (TPSA) is 47.6 Å². The standard InChI is InChI=1S/C14H21NO3/c1-10-5-6-12(7-11(10)2)8-13(16)15-9-14(17-3)18-4/h5-7,14H,8-9H2,1-4H3,(H,15,16). The number of amides is 1. The van der Waals surface area contributed by atoms with Crippen LogP contribution in [0.25, 0.3) is 0 Å². The van der Waals surface area contributed by atoms with Crippen molar-refractivity contribution in [3.63, 3.8) is 0 Å². The van der Waals surface area contributed by atoms with Crippen LogP contribution in [0.5, 0.6) is 0 Å². The number of aryl methyl sites for hydroxylation is 2. The van der Waals surface area contributed by atoms with E-state index in [-0.39, 0.29) is 5.91 Å². The second kappa shape index (κ2) is 7.13. The quantitative estimate of drug-likeness (QED) is 0.781. The van der Waals surface area contributed by atoms with E-state index in [4.69, 9.17) is 9.47 Å². The lowest BCUT2D eigenvalue weighted by atomic mass is 10.0. The Bertz CT molecular complexity index is 400. The van der Waals surface area contributed by atoms with Gasteiger partial charge in [0.25, 0.3) is 0 Å². The third kappa shape index (κ3) is 4.47. The fourth-order valence-corrected chi connectivity index (χ4v) is 1.62. The van der Waals surface area contributed by atoms with Crippen molar-refractivity contribution in [1.29, 1.82) is 0 Å². The molecule has 0 atom stereocenters. The summed E-state index contributed by atoms with van der Waals surface area (Å²) in [4.78, 5) is 11.7. The molecule has 0 aromatic heterocycles. The predicted molar refractivity (Wildman–Crippen MR) is 70.4 cm³/mol. The zero-order valence-corrected chi connectivity index (χ0v) is 11.4. The molecule has 1 aromatic rings. The lowest BCUT2D eigenvalue weighted by Gasteiger charge is -2.14. The molecule has 0 saturated heterocycles. The molecular formula is C14H21NO3. The summed E-state index contributed by atoms with van der Waals surface area (Å²) >= 11 is 0. The van der Waals surface area contributed by atoms with Gasteiger partial charge in [0.05, 0.1) is 13.0 Å². The number of carbonyl (C=O) groups is 1. The third-order valence-electron chi connectivity index (χ3n) is 2.93. The molecule has 18 heavy (non-hydrogen) atoms. The van der Waals surface area contributed by atoms with Gasteiger partial charge in [0.1, 0.15) is 0 Å². The Morgan fingerprint density at radius 1 is 1.22 bits per heavy atom. The van der Waals surface area contributed by atoms with Crippen molar-refractivity contribution in [2.75, 3.05) is 20.8 Å². The molecule has 0 unspecified atom stereocenters. The van der Waals surface area contributed by atoms with Crippen molar-refractivity contribution >= 4 is 5.91 Å². The molecule has 4 nitrogen and oxygen atoms in total. The van der Waals surface area contributed by atoms with Crippen molar-refractivity contribution in [3.05, 3.63) is 34.9 Å². The molecule has 0 radical (unpaired) electrons. The van der Waals surface area contributed by atoms with Crippen molar-refractivity contribution in [2.24, 2.45) is 0 Å². The van der Waals surface area contributed by atoms with Crippen LogP contribution in [0.4, 0.5) is 0 Å². The number of nitrogens with one attached hydrogen (secondary N) is 1. The van der Waals surface area contributed by atoms with Gasteiger partial charge in [-0.2, -0.15) is 0 Å². The third-order valence-corrected chi connectivity index (χ3v) is 2.93. The molecule has 1 aromatic carbocycles. The molecule has 0 spiro atoms. The van der Waals surface area contributed by atoms with E-state index in [9.17, 15) is 4.79 Å². The van der Waals surface area contributed by atoms with Gasteiger partial charge in [-0.1, -0.05) is 18.2 Å². The normalized spacial score (nSPS) is 10.7. The predicted octanol–water partition coefficient (Wildman–Crippen LogP) is 1.58. The Kier molecular flexibility index (Phi) is 5.82. The van der Waals surface area contributed by atoms with Crippen molar-refractivity contribution in [3.8, 4) is 0 Å². The van der Waals surface area contributed by atoms with Gasteiger partial charge in [0.15, 0.2) is 6.29 Å². The zero-order valence-electron chi connectivity index (χ0n) is 11.4. The van der Waals surface area contributed by atoms with E-state index >= 15 is 0 Å². The van der Waals surface area contributed by atoms with Crippen molar-refractivity contribution in [1.82, 2.24) is 5.32 Å². The van der Waals surface area contributed by atoms with Gasteiger partial charge < -0.3 is 14.8 Å². The van der Waals surface area contributed by atoms with Crippen LogP contribution >= 0.6 is 0 Å². The molecule has 0 fully saturated rings. The highest BCUT2D eigenvalue weighted by atomic mass is 16.7. The molecule has 0 aliphatic carbocycles. The summed E-state index contributed by atoms with van der Waals surface area (Å²) in [6, 6.07) is 6.05. The summed E-state index contributed by atoms with van der Waals surface area (Å²) in [5.74, 6) is -0.0302. The lowest BCUT2D eigenvalue weighted by Crippen LogP contribution is -2.35. The molecule has 0 bridgehead atoms. The van der Waals surface area contributed by atoms with Crippen LogP contribution in [-0.4, -0.2) is 33.0 Å². The first kappa shape index (κ1) is 14.7. The van der Waals surface area contributed by atoms with Gasteiger partial charge in [0.2, 0.25) is 5.91 Å². The van der Waals surface area contributed by atoms with Crippen LogP contribution in [0.2, 0.25) is 0 Å². The van der Waals surface area contributed by atoms with Crippen LogP contribution in [0.3, 0.4) is 0 Å². The fraction of sp³-hybridized carbons (Fsp3) is 0.500. The second-order valence-corrected chi connectivity index (χ2v) is 4.30. The van der Waals surface area contributed by atoms with Gasteiger partial charge in [-0.15, -0.1) is 0 Å². The minimum Gasteiger partial charge on any atom is -0.354 e. The van der Waals surface area contributed by atoms with E-state index in [0.717, 1.165) is 5.56 Å². The Morgan fingerprint density at radius 3 is 2.44 bits per heavy atom. The molecular weight excluding hydrogens is 230 g/mol. The Balaban J connectivity index is 2.46. The van der Waals surface area contributed by atoms with Gasteiger partial charge in [-0.25, -0.2) is 0 Å². The number of methoxy groups -OCH3 is 2. The monoisotopic (exact) mass is 251 g/mol. The maximum absolute atomic E-state index is 11.7. The van der Waals surface area contributed by atoms with Crippen LogP contribution in [0.15, 0.2) is 18.2 Å². The van der Waals surface area contributed by atoms with Gasteiger partial charge in [-0.05, 0) is 30.5 Å². The molecule has 100 valence electrons. The van der Waals surface area contributed by atoms with Crippen molar-refractivity contribution in [2.45, 2.75) is 26.6 Å². The smallest absolute Gasteiger partial charge is 0.224 e.